The van der Waals surface area contributed by atoms with E-state index in [0.717, 1.165) is 0 Å². The zero-order valence-corrected chi connectivity index (χ0v) is 6.84. The van der Waals surface area contributed by atoms with Crippen LogP contribution in [0, 0.1) is 0 Å². The molecule has 0 spiro atoms. The predicted molar refractivity (Wildman–Crippen MR) is 37.7 cm³/mol. The first-order valence-electron chi connectivity index (χ1n) is 2.55. The summed E-state index contributed by atoms with van der Waals surface area (Å²) in [6.07, 6.45) is 2.75. The van der Waals surface area contributed by atoms with E-state index in [9.17, 15) is 4.79 Å². The highest BCUT2D eigenvalue weighted by Crippen LogP contribution is 2.17. The Hall–Kier alpha value is -0.770. The van der Waals surface area contributed by atoms with Crippen LogP contribution in [0.25, 0.3) is 0 Å². The van der Waals surface area contributed by atoms with Gasteiger partial charge in [0, 0.05) is 0 Å². The third kappa shape index (κ3) is 1.21. The van der Waals surface area contributed by atoms with E-state index >= 15 is 0 Å². The van der Waals surface area contributed by atoms with Crippen molar-refractivity contribution in [3.8, 4) is 0 Å². The zero-order valence-electron chi connectivity index (χ0n) is 5.26. The number of hydrogen-bond donors (Lipinski definition) is 0. The van der Waals surface area contributed by atoms with Crippen LogP contribution in [0.4, 0.5) is 0 Å². The molecule has 4 heteroatoms. The van der Waals surface area contributed by atoms with Crippen molar-refractivity contribution < 1.29 is 13.9 Å². The molecule has 0 aromatic carbocycles. The maximum Gasteiger partial charge on any atom is 0.342 e. The van der Waals surface area contributed by atoms with Crippen molar-refractivity contribution in [3.63, 3.8) is 0 Å². The van der Waals surface area contributed by atoms with E-state index < -0.39 is 5.97 Å². The molecule has 54 valence electrons. The largest absolute Gasteiger partial charge is 0.470 e. The van der Waals surface area contributed by atoms with Crippen LogP contribution in [0.5, 0.6) is 0 Å². The molecule has 0 saturated heterocycles. The molecule has 0 aliphatic carbocycles. The van der Waals surface area contributed by atoms with Crippen molar-refractivity contribution >= 4 is 21.9 Å². The van der Waals surface area contributed by atoms with Gasteiger partial charge in [0.2, 0.25) is 0 Å². The van der Waals surface area contributed by atoms with Crippen molar-refractivity contribution in [2.75, 3.05) is 7.11 Å². The molecule has 10 heavy (non-hydrogen) atoms. The van der Waals surface area contributed by atoms with Gasteiger partial charge in [0.1, 0.15) is 18.1 Å². The predicted octanol–water partition coefficient (Wildman–Crippen LogP) is 1.83. The Morgan fingerprint density at radius 1 is 1.70 bits per heavy atom. The van der Waals surface area contributed by atoms with Gasteiger partial charge in [-0.3, -0.25) is 0 Å². The third-order valence-electron chi connectivity index (χ3n) is 1.02. The summed E-state index contributed by atoms with van der Waals surface area (Å²) in [5.74, 6) is -0.402. The van der Waals surface area contributed by atoms with Crippen molar-refractivity contribution in [2.45, 2.75) is 0 Å². The van der Waals surface area contributed by atoms with Gasteiger partial charge in [0.15, 0.2) is 0 Å². The molecule has 0 aliphatic rings. The number of ether oxygens (including phenoxy) is 1. The molecule has 1 heterocycles. The van der Waals surface area contributed by atoms with Gasteiger partial charge in [-0.1, -0.05) is 0 Å². The summed E-state index contributed by atoms with van der Waals surface area (Å²) < 4.78 is 9.78. The van der Waals surface area contributed by atoms with Gasteiger partial charge < -0.3 is 9.15 Å². The van der Waals surface area contributed by atoms with Crippen molar-refractivity contribution in [1.29, 1.82) is 0 Å². The molecule has 0 N–H and O–H groups in total. The first-order valence-corrected chi connectivity index (χ1v) is 3.35. The fourth-order valence-electron chi connectivity index (χ4n) is 0.537. The molecule has 0 saturated carbocycles. The Kier molecular flexibility index (Phi) is 2.11. The second-order valence-corrected chi connectivity index (χ2v) is 2.48. The Morgan fingerprint density at radius 2 is 2.40 bits per heavy atom. The van der Waals surface area contributed by atoms with E-state index in [2.05, 4.69) is 20.7 Å². The third-order valence-corrected chi connectivity index (χ3v) is 1.63. The van der Waals surface area contributed by atoms with Gasteiger partial charge in [0.05, 0.1) is 11.6 Å². The standard InChI is InChI=1S/C6H5BrO3/c1-9-6(8)4-2-10-3-5(4)7/h2-3H,1H3. The number of methoxy groups -OCH3 is 1. The lowest BCUT2D eigenvalue weighted by Crippen LogP contribution is -1.99. The zero-order chi connectivity index (χ0) is 7.56. The molecular formula is C6H5BrO3. The summed E-state index contributed by atoms with van der Waals surface area (Å²) in [6, 6.07) is 0. The van der Waals surface area contributed by atoms with Crippen molar-refractivity contribution in [3.05, 3.63) is 22.6 Å². The monoisotopic (exact) mass is 204 g/mol. The number of halogens is 1. The van der Waals surface area contributed by atoms with Crippen LogP contribution in [0.1, 0.15) is 10.4 Å². The van der Waals surface area contributed by atoms with Gasteiger partial charge in [-0.2, -0.15) is 0 Å². The fraction of sp³-hybridized carbons (Fsp3) is 0.167. The van der Waals surface area contributed by atoms with Crippen LogP contribution in [0.2, 0.25) is 0 Å². The highest BCUT2D eigenvalue weighted by atomic mass is 79.9. The molecule has 0 atom stereocenters. The van der Waals surface area contributed by atoms with E-state index in [1.54, 1.807) is 0 Å². The fourth-order valence-corrected chi connectivity index (χ4v) is 0.900. The number of rotatable bonds is 1. The number of esters is 1. The molecular weight excluding hydrogens is 200 g/mol. The molecule has 1 rings (SSSR count). The first-order chi connectivity index (χ1) is 4.75. The number of furan rings is 1. The Labute approximate surface area is 66.1 Å². The Morgan fingerprint density at radius 3 is 2.80 bits per heavy atom. The number of carbonyl (C=O) groups excluding carboxylic acids is 1. The number of carbonyl (C=O) groups is 1. The smallest absolute Gasteiger partial charge is 0.342 e. The van der Waals surface area contributed by atoms with Crippen LogP contribution in [-0.4, -0.2) is 13.1 Å². The lowest BCUT2D eigenvalue weighted by atomic mass is 10.3. The lowest BCUT2D eigenvalue weighted by molar-refractivity contribution is 0.0599. The molecule has 0 amide bonds. The average Bonchev–Trinajstić information content (AvgIpc) is 2.34. The molecule has 0 radical (unpaired) electrons. The maximum atomic E-state index is 10.8. The first kappa shape index (κ1) is 7.34. The van der Waals surface area contributed by atoms with Crippen LogP contribution in [-0.2, 0) is 4.74 Å². The second-order valence-electron chi connectivity index (χ2n) is 1.62. The Balaban J connectivity index is 2.93. The summed E-state index contributed by atoms with van der Waals surface area (Å²) in [4.78, 5) is 10.8. The molecule has 1 aromatic heterocycles. The topological polar surface area (TPSA) is 39.4 Å². The quantitative estimate of drug-likeness (QED) is 0.656. The van der Waals surface area contributed by atoms with Crippen LogP contribution in [0.3, 0.4) is 0 Å². The van der Waals surface area contributed by atoms with E-state index in [4.69, 9.17) is 4.42 Å². The van der Waals surface area contributed by atoms with Gasteiger partial charge in [-0.05, 0) is 15.9 Å². The van der Waals surface area contributed by atoms with Crippen molar-refractivity contribution in [2.24, 2.45) is 0 Å². The van der Waals surface area contributed by atoms with Crippen LogP contribution >= 0.6 is 15.9 Å². The van der Waals surface area contributed by atoms with Crippen LogP contribution in [0.15, 0.2) is 21.4 Å². The lowest BCUT2D eigenvalue weighted by Gasteiger charge is -1.92. The molecule has 0 unspecified atom stereocenters. The number of hydrogen-bond acceptors (Lipinski definition) is 3. The Bertz CT molecular complexity index is 241. The minimum absolute atomic E-state index is 0.402. The van der Waals surface area contributed by atoms with E-state index in [0.29, 0.717) is 10.0 Å². The second kappa shape index (κ2) is 2.88. The molecule has 1 aromatic rings. The summed E-state index contributed by atoms with van der Waals surface area (Å²) in [6.45, 7) is 0. The molecule has 3 nitrogen and oxygen atoms in total. The molecule has 0 bridgehead atoms. The molecule has 0 aliphatic heterocycles. The summed E-state index contributed by atoms with van der Waals surface area (Å²) in [5, 5.41) is 0. The minimum atomic E-state index is -0.402. The highest BCUT2D eigenvalue weighted by Gasteiger charge is 2.11. The minimum Gasteiger partial charge on any atom is -0.470 e. The normalized spacial score (nSPS) is 9.40. The van der Waals surface area contributed by atoms with E-state index in [-0.39, 0.29) is 0 Å². The molecule has 0 fully saturated rings. The van der Waals surface area contributed by atoms with E-state index in [1.165, 1.54) is 19.6 Å². The SMILES string of the molecule is COC(=O)c1cocc1Br. The summed E-state index contributed by atoms with van der Waals surface area (Å²) in [5.41, 5.74) is 0.405. The van der Waals surface area contributed by atoms with E-state index in [1.807, 2.05) is 0 Å². The van der Waals surface area contributed by atoms with Gasteiger partial charge in [-0.25, -0.2) is 4.79 Å². The van der Waals surface area contributed by atoms with Gasteiger partial charge >= 0.3 is 5.97 Å². The summed E-state index contributed by atoms with van der Waals surface area (Å²) >= 11 is 3.11. The summed E-state index contributed by atoms with van der Waals surface area (Å²) in [7, 11) is 1.32. The highest BCUT2D eigenvalue weighted by molar-refractivity contribution is 9.10. The average molecular weight is 205 g/mol. The maximum absolute atomic E-state index is 10.8. The van der Waals surface area contributed by atoms with Gasteiger partial charge in [-0.15, -0.1) is 0 Å². The van der Waals surface area contributed by atoms with Gasteiger partial charge in [0.25, 0.3) is 0 Å². The van der Waals surface area contributed by atoms with Crippen LogP contribution < -0.4 is 0 Å². The van der Waals surface area contributed by atoms with Crippen molar-refractivity contribution in [1.82, 2.24) is 0 Å².